The number of rotatable bonds is 4. The number of nitrogens with zero attached hydrogens (tertiary/aromatic N) is 2. The summed E-state index contributed by atoms with van der Waals surface area (Å²) in [6.07, 6.45) is 0.201. The van der Waals surface area contributed by atoms with Gasteiger partial charge in [0, 0.05) is 27.2 Å². The van der Waals surface area contributed by atoms with E-state index in [9.17, 15) is 0 Å². The number of halogens is 1. The van der Waals surface area contributed by atoms with Crippen LogP contribution in [0.3, 0.4) is 0 Å². The van der Waals surface area contributed by atoms with Crippen LogP contribution >= 0.6 is 24.0 Å². The van der Waals surface area contributed by atoms with Crippen molar-refractivity contribution in [1.29, 1.82) is 0 Å². The standard InChI is InChI=1S/C20H33N3O2.HI/c1-15-9-7-8-10-16(15)17-14-23(11-12-25-17)19(21-5)22-13-18(24-6)20(2,3)4;/h7-10,17-18H,11-14H2,1-6H3,(H,21,22);1H. The molecule has 1 heterocycles. The summed E-state index contributed by atoms with van der Waals surface area (Å²) in [5.41, 5.74) is 2.60. The van der Waals surface area contributed by atoms with E-state index in [1.54, 1.807) is 7.11 Å². The minimum atomic E-state index is 0. The number of benzene rings is 1. The van der Waals surface area contributed by atoms with Crippen molar-refractivity contribution in [1.82, 2.24) is 10.2 Å². The summed E-state index contributed by atoms with van der Waals surface area (Å²) < 4.78 is 11.7. The van der Waals surface area contributed by atoms with Gasteiger partial charge in [-0.3, -0.25) is 4.99 Å². The Bertz CT molecular complexity index is 587. The molecule has 0 saturated carbocycles. The summed E-state index contributed by atoms with van der Waals surface area (Å²) in [6.45, 7) is 11.8. The third-order valence-corrected chi connectivity index (χ3v) is 4.81. The second-order valence-electron chi connectivity index (χ2n) is 7.68. The van der Waals surface area contributed by atoms with Crippen LogP contribution in [0.1, 0.15) is 38.0 Å². The normalized spacial score (nSPS) is 19.7. The maximum atomic E-state index is 6.02. The molecule has 6 heteroatoms. The largest absolute Gasteiger partial charge is 0.379 e. The Balaban J connectivity index is 0.00000338. The molecule has 1 aliphatic heterocycles. The summed E-state index contributed by atoms with van der Waals surface area (Å²) in [4.78, 5) is 6.74. The number of ether oxygens (including phenoxy) is 2. The number of aliphatic imine (C=N–C) groups is 1. The van der Waals surface area contributed by atoms with E-state index in [2.05, 4.69) is 67.2 Å². The Morgan fingerprint density at radius 2 is 2.08 bits per heavy atom. The van der Waals surface area contributed by atoms with Gasteiger partial charge in [0.2, 0.25) is 0 Å². The predicted molar refractivity (Wildman–Crippen MR) is 118 cm³/mol. The van der Waals surface area contributed by atoms with Crippen LogP contribution in [0.2, 0.25) is 0 Å². The minimum absolute atomic E-state index is 0. The molecule has 0 aromatic heterocycles. The van der Waals surface area contributed by atoms with Crippen LogP contribution in [0.4, 0.5) is 0 Å². The Hall–Kier alpha value is -0.860. The number of hydrogen-bond acceptors (Lipinski definition) is 3. The molecule has 0 spiro atoms. The fourth-order valence-corrected chi connectivity index (χ4v) is 3.24. The Labute approximate surface area is 175 Å². The van der Waals surface area contributed by atoms with Crippen LogP contribution in [0.25, 0.3) is 0 Å². The van der Waals surface area contributed by atoms with Crippen molar-refractivity contribution in [2.75, 3.05) is 40.4 Å². The SMILES string of the molecule is CN=C(NCC(OC)C(C)(C)C)N1CCOC(c2ccccc2C)C1.I. The number of hydrogen-bond donors (Lipinski definition) is 1. The molecule has 2 atom stereocenters. The Morgan fingerprint density at radius 3 is 2.65 bits per heavy atom. The quantitative estimate of drug-likeness (QED) is 0.411. The molecular weight excluding hydrogens is 441 g/mol. The molecule has 1 fully saturated rings. The van der Waals surface area contributed by atoms with Gasteiger partial charge in [-0.2, -0.15) is 0 Å². The maximum Gasteiger partial charge on any atom is 0.193 e. The molecule has 0 bridgehead atoms. The van der Waals surface area contributed by atoms with E-state index in [-0.39, 0.29) is 41.6 Å². The van der Waals surface area contributed by atoms with Gasteiger partial charge in [0.1, 0.15) is 6.10 Å². The van der Waals surface area contributed by atoms with Gasteiger partial charge in [0.15, 0.2) is 5.96 Å². The van der Waals surface area contributed by atoms with E-state index >= 15 is 0 Å². The molecule has 1 aliphatic rings. The molecule has 0 amide bonds. The first kappa shape index (κ1) is 23.2. The van der Waals surface area contributed by atoms with Crippen LogP contribution in [0, 0.1) is 12.3 Å². The van der Waals surface area contributed by atoms with Crippen molar-refractivity contribution in [3.8, 4) is 0 Å². The molecule has 1 aromatic carbocycles. The van der Waals surface area contributed by atoms with E-state index in [0.717, 1.165) is 25.6 Å². The highest BCUT2D eigenvalue weighted by Crippen LogP contribution is 2.25. The van der Waals surface area contributed by atoms with E-state index in [4.69, 9.17) is 9.47 Å². The first-order chi connectivity index (χ1) is 11.9. The van der Waals surface area contributed by atoms with Crippen molar-refractivity contribution < 1.29 is 9.47 Å². The molecular formula is C20H34IN3O2. The van der Waals surface area contributed by atoms with Crippen molar-refractivity contribution in [3.05, 3.63) is 35.4 Å². The Morgan fingerprint density at radius 1 is 1.38 bits per heavy atom. The number of morpholine rings is 1. The lowest BCUT2D eigenvalue weighted by molar-refractivity contribution is -0.00970. The summed E-state index contributed by atoms with van der Waals surface area (Å²) in [5.74, 6) is 0.910. The summed E-state index contributed by atoms with van der Waals surface area (Å²) in [5, 5.41) is 3.48. The average molecular weight is 475 g/mol. The first-order valence-corrected chi connectivity index (χ1v) is 9.02. The topological polar surface area (TPSA) is 46.1 Å². The van der Waals surface area contributed by atoms with Crippen molar-refractivity contribution in [3.63, 3.8) is 0 Å². The van der Waals surface area contributed by atoms with Gasteiger partial charge in [-0.05, 0) is 23.5 Å². The smallest absolute Gasteiger partial charge is 0.193 e. The number of guanidine groups is 1. The highest BCUT2D eigenvalue weighted by molar-refractivity contribution is 14.0. The fourth-order valence-electron chi connectivity index (χ4n) is 3.24. The van der Waals surface area contributed by atoms with Crippen LogP contribution in [0.15, 0.2) is 29.3 Å². The maximum absolute atomic E-state index is 6.02. The van der Waals surface area contributed by atoms with Gasteiger partial charge >= 0.3 is 0 Å². The zero-order valence-corrected chi connectivity index (χ0v) is 19.2. The fraction of sp³-hybridized carbons (Fsp3) is 0.650. The zero-order valence-electron chi connectivity index (χ0n) is 16.9. The summed E-state index contributed by atoms with van der Waals surface area (Å²) in [7, 11) is 3.60. The van der Waals surface area contributed by atoms with Gasteiger partial charge in [0.25, 0.3) is 0 Å². The van der Waals surface area contributed by atoms with Gasteiger partial charge in [-0.1, -0.05) is 45.0 Å². The summed E-state index contributed by atoms with van der Waals surface area (Å²) >= 11 is 0. The third-order valence-electron chi connectivity index (χ3n) is 4.81. The molecule has 0 radical (unpaired) electrons. The van der Waals surface area contributed by atoms with E-state index in [1.165, 1.54) is 11.1 Å². The molecule has 148 valence electrons. The van der Waals surface area contributed by atoms with Crippen LogP contribution < -0.4 is 5.32 Å². The zero-order chi connectivity index (χ0) is 18.4. The van der Waals surface area contributed by atoms with E-state index in [0.29, 0.717) is 6.61 Å². The van der Waals surface area contributed by atoms with Gasteiger partial charge in [-0.15, -0.1) is 24.0 Å². The van der Waals surface area contributed by atoms with Crippen LogP contribution in [-0.2, 0) is 9.47 Å². The second kappa shape index (κ2) is 10.5. The number of aryl methyl sites for hydroxylation is 1. The molecule has 1 saturated heterocycles. The van der Waals surface area contributed by atoms with Crippen LogP contribution in [-0.4, -0.2) is 57.4 Å². The second-order valence-corrected chi connectivity index (χ2v) is 7.68. The highest BCUT2D eigenvalue weighted by atomic mass is 127. The molecule has 0 aliphatic carbocycles. The molecule has 2 unspecified atom stereocenters. The van der Waals surface area contributed by atoms with Crippen molar-refractivity contribution in [2.45, 2.75) is 39.9 Å². The molecule has 2 rings (SSSR count). The minimum Gasteiger partial charge on any atom is -0.379 e. The van der Waals surface area contributed by atoms with E-state index in [1.807, 2.05) is 7.05 Å². The Kier molecular flexibility index (Phi) is 9.33. The van der Waals surface area contributed by atoms with Crippen molar-refractivity contribution in [2.24, 2.45) is 10.4 Å². The van der Waals surface area contributed by atoms with Crippen LogP contribution in [0.5, 0.6) is 0 Å². The number of methoxy groups -OCH3 is 1. The average Bonchev–Trinajstić information content (AvgIpc) is 2.58. The molecule has 26 heavy (non-hydrogen) atoms. The lowest BCUT2D eigenvalue weighted by Crippen LogP contribution is -2.51. The monoisotopic (exact) mass is 475 g/mol. The lowest BCUT2D eigenvalue weighted by atomic mass is 9.89. The third kappa shape index (κ3) is 6.09. The highest BCUT2D eigenvalue weighted by Gasteiger charge is 2.28. The molecule has 1 N–H and O–H groups in total. The van der Waals surface area contributed by atoms with Gasteiger partial charge < -0.3 is 19.7 Å². The number of nitrogens with one attached hydrogen (secondary N) is 1. The predicted octanol–water partition coefficient (Wildman–Crippen LogP) is 3.62. The van der Waals surface area contributed by atoms with E-state index < -0.39 is 0 Å². The first-order valence-electron chi connectivity index (χ1n) is 9.02. The lowest BCUT2D eigenvalue weighted by Gasteiger charge is -2.37. The van der Waals surface area contributed by atoms with Crippen molar-refractivity contribution >= 4 is 29.9 Å². The summed E-state index contributed by atoms with van der Waals surface area (Å²) in [6, 6.07) is 8.43. The van der Waals surface area contributed by atoms with Gasteiger partial charge in [0.05, 0.1) is 19.3 Å². The molecule has 5 nitrogen and oxygen atoms in total. The molecule has 1 aromatic rings. The van der Waals surface area contributed by atoms with Gasteiger partial charge in [-0.25, -0.2) is 0 Å².